The van der Waals surface area contributed by atoms with E-state index >= 15 is 0 Å². The second kappa shape index (κ2) is 5.38. The Morgan fingerprint density at radius 3 is 2.56 bits per heavy atom. The van der Waals surface area contributed by atoms with Crippen LogP contribution in [0.25, 0.3) is 0 Å². The van der Waals surface area contributed by atoms with Gasteiger partial charge in [0.2, 0.25) is 5.91 Å². The van der Waals surface area contributed by atoms with Gasteiger partial charge in [-0.25, -0.2) is 4.98 Å². The van der Waals surface area contributed by atoms with Crippen LogP contribution in [0.2, 0.25) is 0 Å². The third-order valence-electron chi connectivity index (χ3n) is 3.48. The molecule has 1 aliphatic carbocycles. The fourth-order valence-electron chi connectivity index (χ4n) is 2.54. The van der Waals surface area contributed by atoms with Gasteiger partial charge in [0.05, 0.1) is 11.9 Å². The standard InChI is InChI=1S/C14H21N3O/c1-10(2)17(13-8-7-12(15)9-16-13)14(18)11-5-3-4-6-11/h7-11H,3-6,15H2,1-2H3. The van der Waals surface area contributed by atoms with Gasteiger partial charge in [0, 0.05) is 12.0 Å². The molecule has 0 aliphatic heterocycles. The summed E-state index contributed by atoms with van der Waals surface area (Å²) in [7, 11) is 0. The fourth-order valence-corrected chi connectivity index (χ4v) is 2.54. The number of pyridine rings is 1. The van der Waals surface area contributed by atoms with Crippen LogP contribution >= 0.6 is 0 Å². The monoisotopic (exact) mass is 247 g/mol. The van der Waals surface area contributed by atoms with Gasteiger partial charge in [-0.3, -0.25) is 9.69 Å². The third kappa shape index (κ3) is 2.63. The van der Waals surface area contributed by atoms with Gasteiger partial charge in [-0.05, 0) is 38.8 Å². The molecule has 1 heterocycles. The number of hydrogen-bond acceptors (Lipinski definition) is 3. The largest absolute Gasteiger partial charge is 0.397 e. The van der Waals surface area contributed by atoms with E-state index < -0.39 is 0 Å². The van der Waals surface area contributed by atoms with Crippen molar-refractivity contribution in [2.45, 2.75) is 45.6 Å². The molecule has 1 fully saturated rings. The molecule has 0 unspecified atom stereocenters. The number of carbonyl (C=O) groups excluding carboxylic acids is 1. The number of nitrogen functional groups attached to an aromatic ring is 1. The van der Waals surface area contributed by atoms with Crippen LogP contribution in [-0.4, -0.2) is 16.9 Å². The van der Waals surface area contributed by atoms with Crippen molar-refractivity contribution in [3.05, 3.63) is 18.3 Å². The lowest BCUT2D eigenvalue weighted by Gasteiger charge is -2.28. The number of hydrogen-bond donors (Lipinski definition) is 1. The summed E-state index contributed by atoms with van der Waals surface area (Å²) in [6.07, 6.45) is 5.95. The van der Waals surface area contributed by atoms with E-state index in [1.54, 1.807) is 17.2 Å². The van der Waals surface area contributed by atoms with Crippen molar-refractivity contribution in [1.82, 2.24) is 4.98 Å². The molecule has 0 radical (unpaired) electrons. The maximum Gasteiger partial charge on any atom is 0.231 e. The second-order valence-corrected chi connectivity index (χ2v) is 5.23. The Balaban J connectivity index is 2.22. The zero-order chi connectivity index (χ0) is 13.1. The smallest absolute Gasteiger partial charge is 0.231 e. The van der Waals surface area contributed by atoms with E-state index in [2.05, 4.69) is 4.98 Å². The number of aromatic nitrogens is 1. The molecule has 0 spiro atoms. The number of anilines is 2. The van der Waals surface area contributed by atoms with Crippen molar-refractivity contribution in [2.24, 2.45) is 5.92 Å². The number of nitrogens with two attached hydrogens (primary N) is 1. The SMILES string of the molecule is CC(C)N(C(=O)C1CCCC1)c1ccc(N)cn1. The van der Waals surface area contributed by atoms with Crippen LogP contribution in [-0.2, 0) is 4.79 Å². The minimum absolute atomic E-state index is 0.120. The summed E-state index contributed by atoms with van der Waals surface area (Å²) in [6, 6.07) is 3.73. The molecule has 4 nitrogen and oxygen atoms in total. The third-order valence-corrected chi connectivity index (χ3v) is 3.48. The van der Waals surface area contributed by atoms with Crippen molar-refractivity contribution < 1.29 is 4.79 Å². The van der Waals surface area contributed by atoms with Gasteiger partial charge in [0.1, 0.15) is 5.82 Å². The highest BCUT2D eigenvalue weighted by Crippen LogP contribution is 2.29. The number of rotatable bonds is 3. The predicted octanol–water partition coefficient (Wildman–Crippen LogP) is 2.60. The van der Waals surface area contributed by atoms with Gasteiger partial charge in [-0.1, -0.05) is 12.8 Å². The minimum Gasteiger partial charge on any atom is -0.397 e. The molecule has 1 aromatic rings. The number of carbonyl (C=O) groups is 1. The molecule has 4 heteroatoms. The zero-order valence-electron chi connectivity index (χ0n) is 11.1. The van der Waals surface area contributed by atoms with Crippen molar-refractivity contribution in [3.8, 4) is 0 Å². The maximum absolute atomic E-state index is 12.5. The fraction of sp³-hybridized carbons (Fsp3) is 0.571. The zero-order valence-corrected chi connectivity index (χ0v) is 11.1. The van der Waals surface area contributed by atoms with Crippen molar-refractivity contribution in [1.29, 1.82) is 0 Å². The lowest BCUT2D eigenvalue weighted by atomic mass is 10.1. The van der Waals surface area contributed by atoms with Crippen molar-refractivity contribution in [3.63, 3.8) is 0 Å². The summed E-state index contributed by atoms with van der Waals surface area (Å²) in [5.41, 5.74) is 6.26. The van der Waals surface area contributed by atoms with Crippen LogP contribution < -0.4 is 10.6 Å². The summed E-state index contributed by atoms with van der Waals surface area (Å²) in [5, 5.41) is 0. The Labute approximate surface area is 108 Å². The Hall–Kier alpha value is -1.58. The summed E-state index contributed by atoms with van der Waals surface area (Å²) in [6.45, 7) is 4.04. The van der Waals surface area contributed by atoms with E-state index in [1.807, 2.05) is 19.9 Å². The molecule has 0 aromatic carbocycles. The lowest BCUT2D eigenvalue weighted by molar-refractivity contribution is -0.122. The maximum atomic E-state index is 12.5. The average Bonchev–Trinajstić information content (AvgIpc) is 2.85. The molecule has 98 valence electrons. The van der Waals surface area contributed by atoms with Gasteiger partial charge in [-0.2, -0.15) is 0 Å². The predicted molar refractivity (Wildman–Crippen MR) is 73.2 cm³/mol. The first-order chi connectivity index (χ1) is 8.59. The minimum atomic E-state index is 0.120. The molecular weight excluding hydrogens is 226 g/mol. The Morgan fingerprint density at radius 2 is 2.06 bits per heavy atom. The number of amides is 1. The molecule has 1 saturated carbocycles. The molecule has 2 rings (SSSR count). The number of nitrogens with zero attached hydrogens (tertiary/aromatic N) is 2. The van der Waals surface area contributed by atoms with E-state index in [9.17, 15) is 4.79 Å². The summed E-state index contributed by atoms with van der Waals surface area (Å²) < 4.78 is 0. The molecule has 18 heavy (non-hydrogen) atoms. The van der Waals surface area contributed by atoms with Crippen LogP contribution in [0.1, 0.15) is 39.5 Å². The Bertz CT molecular complexity index is 408. The highest BCUT2D eigenvalue weighted by atomic mass is 16.2. The summed E-state index contributed by atoms with van der Waals surface area (Å²) >= 11 is 0. The van der Waals surface area contributed by atoms with Crippen molar-refractivity contribution in [2.75, 3.05) is 10.6 Å². The van der Waals surface area contributed by atoms with Crippen LogP contribution in [0.3, 0.4) is 0 Å². The van der Waals surface area contributed by atoms with Crippen LogP contribution in [0.15, 0.2) is 18.3 Å². The van der Waals surface area contributed by atoms with Crippen molar-refractivity contribution >= 4 is 17.4 Å². The molecular formula is C14H21N3O. The molecule has 0 atom stereocenters. The first-order valence-electron chi connectivity index (χ1n) is 6.64. The summed E-state index contributed by atoms with van der Waals surface area (Å²) in [5.74, 6) is 1.09. The molecule has 1 aromatic heterocycles. The van der Waals surface area contributed by atoms with Gasteiger partial charge in [-0.15, -0.1) is 0 Å². The average molecular weight is 247 g/mol. The second-order valence-electron chi connectivity index (χ2n) is 5.23. The summed E-state index contributed by atoms with van der Waals surface area (Å²) in [4.78, 5) is 18.6. The first kappa shape index (κ1) is 12.9. The first-order valence-corrected chi connectivity index (χ1v) is 6.64. The van der Waals surface area contributed by atoms with E-state index in [0.29, 0.717) is 11.5 Å². The normalized spacial score (nSPS) is 16.2. The van der Waals surface area contributed by atoms with Gasteiger partial charge in [0.15, 0.2) is 0 Å². The van der Waals surface area contributed by atoms with Crippen LogP contribution in [0.4, 0.5) is 11.5 Å². The van der Waals surface area contributed by atoms with Gasteiger partial charge >= 0.3 is 0 Å². The molecule has 1 aliphatic rings. The highest BCUT2D eigenvalue weighted by Gasteiger charge is 2.30. The molecule has 2 N–H and O–H groups in total. The van der Waals surface area contributed by atoms with E-state index in [0.717, 1.165) is 25.7 Å². The Kier molecular flexibility index (Phi) is 3.84. The molecule has 0 saturated heterocycles. The van der Waals surface area contributed by atoms with Crippen LogP contribution in [0.5, 0.6) is 0 Å². The topological polar surface area (TPSA) is 59.2 Å². The highest BCUT2D eigenvalue weighted by molar-refractivity contribution is 5.94. The molecule has 0 bridgehead atoms. The van der Waals surface area contributed by atoms with E-state index in [1.165, 1.54) is 0 Å². The quantitative estimate of drug-likeness (QED) is 0.893. The van der Waals surface area contributed by atoms with E-state index in [-0.39, 0.29) is 17.9 Å². The van der Waals surface area contributed by atoms with Gasteiger partial charge < -0.3 is 5.73 Å². The van der Waals surface area contributed by atoms with E-state index in [4.69, 9.17) is 5.73 Å². The Morgan fingerprint density at radius 1 is 1.39 bits per heavy atom. The van der Waals surface area contributed by atoms with Crippen LogP contribution in [0, 0.1) is 5.92 Å². The van der Waals surface area contributed by atoms with Gasteiger partial charge in [0.25, 0.3) is 0 Å². The molecule has 1 amide bonds. The lowest BCUT2D eigenvalue weighted by Crippen LogP contribution is -2.41.